The SMILES string of the molecule is Cc1nn(-c2cc(Cl)c(Cl)cc2[N+](=O)[O-])c(C)c1Br. The second-order valence-electron chi connectivity index (χ2n) is 3.91. The van der Waals surface area contributed by atoms with Crippen LogP contribution in [0.25, 0.3) is 5.69 Å². The van der Waals surface area contributed by atoms with E-state index in [1.54, 1.807) is 13.8 Å². The van der Waals surface area contributed by atoms with Crippen LogP contribution in [0.2, 0.25) is 10.0 Å². The predicted molar refractivity (Wildman–Crippen MR) is 77.4 cm³/mol. The Balaban J connectivity index is 2.77. The molecule has 1 aromatic heterocycles. The van der Waals surface area contributed by atoms with Gasteiger partial charge in [-0.2, -0.15) is 5.10 Å². The molecule has 19 heavy (non-hydrogen) atoms. The number of rotatable bonds is 2. The van der Waals surface area contributed by atoms with Crippen LogP contribution in [0.4, 0.5) is 5.69 Å². The molecule has 0 fully saturated rings. The number of hydrogen-bond acceptors (Lipinski definition) is 3. The second kappa shape index (κ2) is 5.11. The molecule has 2 aromatic rings. The number of halogens is 3. The maximum atomic E-state index is 11.1. The van der Waals surface area contributed by atoms with Crippen LogP contribution in [0, 0.1) is 24.0 Å². The zero-order valence-corrected chi connectivity index (χ0v) is 13.0. The molecule has 0 amide bonds. The predicted octanol–water partition coefficient (Wildman–Crippen LogP) is 4.47. The molecule has 0 spiro atoms. The van der Waals surface area contributed by atoms with Gasteiger partial charge in [0.1, 0.15) is 5.69 Å². The molecule has 0 atom stereocenters. The van der Waals surface area contributed by atoms with Crippen molar-refractivity contribution in [2.24, 2.45) is 0 Å². The minimum Gasteiger partial charge on any atom is -0.258 e. The highest BCUT2D eigenvalue weighted by molar-refractivity contribution is 9.10. The molecule has 0 aliphatic rings. The van der Waals surface area contributed by atoms with E-state index in [4.69, 9.17) is 23.2 Å². The standard InChI is InChI=1S/C11H8BrCl2N3O2/c1-5-11(12)6(2)16(15-5)9-3-7(13)8(14)4-10(9)17(18)19/h3-4H,1-2H3. The van der Waals surface area contributed by atoms with E-state index in [9.17, 15) is 10.1 Å². The summed E-state index contributed by atoms with van der Waals surface area (Å²) in [4.78, 5) is 10.6. The van der Waals surface area contributed by atoms with E-state index in [0.29, 0.717) is 0 Å². The normalized spacial score (nSPS) is 10.8. The van der Waals surface area contributed by atoms with Gasteiger partial charge < -0.3 is 0 Å². The Kier molecular flexibility index (Phi) is 3.85. The average molecular weight is 365 g/mol. The van der Waals surface area contributed by atoms with E-state index in [-0.39, 0.29) is 21.4 Å². The highest BCUT2D eigenvalue weighted by Crippen LogP contribution is 2.34. The van der Waals surface area contributed by atoms with Gasteiger partial charge in [0.15, 0.2) is 0 Å². The lowest BCUT2D eigenvalue weighted by atomic mass is 10.2. The van der Waals surface area contributed by atoms with Crippen LogP contribution in [-0.4, -0.2) is 14.7 Å². The number of aryl methyl sites for hydroxylation is 1. The molecule has 0 radical (unpaired) electrons. The molecule has 5 nitrogen and oxygen atoms in total. The molecule has 0 aliphatic heterocycles. The lowest BCUT2D eigenvalue weighted by Gasteiger charge is -2.07. The van der Waals surface area contributed by atoms with Crippen molar-refractivity contribution in [1.82, 2.24) is 9.78 Å². The van der Waals surface area contributed by atoms with Gasteiger partial charge in [0.25, 0.3) is 5.69 Å². The smallest absolute Gasteiger partial charge is 0.258 e. The Morgan fingerprint density at radius 1 is 1.32 bits per heavy atom. The number of hydrogen-bond donors (Lipinski definition) is 0. The summed E-state index contributed by atoms with van der Waals surface area (Å²) in [6.07, 6.45) is 0. The molecule has 8 heteroatoms. The Bertz CT molecular complexity index is 685. The summed E-state index contributed by atoms with van der Waals surface area (Å²) in [5, 5.41) is 15.7. The summed E-state index contributed by atoms with van der Waals surface area (Å²) in [5.41, 5.74) is 1.62. The average Bonchev–Trinajstić information content (AvgIpc) is 2.59. The Morgan fingerprint density at radius 3 is 2.37 bits per heavy atom. The van der Waals surface area contributed by atoms with Gasteiger partial charge in [-0.05, 0) is 35.8 Å². The largest absolute Gasteiger partial charge is 0.296 e. The minimum absolute atomic E-state index is 0.137. The van der Waals surface area contributed by atoms with Gasteiger partial charge in [0, 0.05) is 6.07 Å². The first-order valence-corrected chi connectivity index (χ1v) is 6.73. The lowest BCUT2D eigenvalue weighted by molar-refractivity contribution is -0.384. The van der Waals surface area contributed by atoms with Crippen molar-refractivity contribution < 1.29 is 4.92 Å². The fraction of sp³-hybridized carbons (Fsp3) is 0.182. The van der Waals surface area contributed by atoms with Gasteiger partial charge in [0.2, 0.25) is 0 Å². The highest BCUT2D eigenvalue weighted by Gasteiger charge is 2.22. The molecular weight excluding hydrogens is 357 g/mol. The van der Waals surface area contributed by atoms with E-state index in [2.05, 4.69) is 21.0 Å². The summed E-state index contributed by atoms with van der Waals surface area (Å²) in [6.45, 7) is 3.60. The van der Waals surface area contributed by atoms with Gasteiger partial charge >= 0.3 is 0 Å². The van der Waals surface area contributed by atoms with Gasteiger partial charge in [-0.3, -0.25) is 10.1 Å². The van der Waals surface area contributed by atoms with Crippen LogP contribution in [0.15, 0.2) is 16.6 Å². The molecule has 0 aliphatic carbocycles. The van der Waals surface area contributed by atoms with Crippen molar-refractivity contribution in [3.05, 3.63) is 48.2 Å². The Morgan fingerprint density at radius 2 is 1.89 bits per heavy atom. The highest BCUT2D eigenvalue weighted by atomic mass is 79.9. The molecule has 100 valence electrons. The summed E-state index contributed by atoms with van der Waals surface area (Å²) >= 11 is 15.1. The summed E-state index contributed by atoms with van der Waals surface area (Å²) in [7, 11) is 0. The molecule has 0 saturated carbocycles. The third kappa shape index (κ3) is 2.48. The maximum Gasteiger partial charge on any atom is 0.296 e. The van der Waals surface area contributed by atoms with Gasteiger partial charge in [-0.15, -0.1) is 0 Å². The molecule has 1 aromatic carbocycles. The zero-order chi connectivity index (χ0) is 14.3. The van der Waals surface area contributed by atoms with Gasteiger partial charge in [-0.1, -0.05) is 23.2 Å². The topological polar surface area (TPSA) is 61.0 Å². The first-order valence-electron chi connectivity index (χ1n) is 5.18. The van der Waals surface area contributed by atoms with E-state index in [1.807, 2.05) is 0 Å². The number of nitrogens with zero attached hydrogens (tertiary/aromatic N) is 3. The number of aromatic nitrogens is 2. The number of nitro groups is 1. The van der Waals surface area contributed by atoms with E-state index < -0.39 is 4.92 Å². The molecule has 0 saturated heterocycles. The summed E-state index contributed by atoms with van der Waals surface area (Å²) < 4.78 is 2.27. The van der Waals surface area contributed by atoms with E-state index >= 15 is 0 Å². The third-order valence-corrected chi connectivity index (χ3v) is 4.52. The van der Waals surface area contributed by atoms with Crippen molar-refractivity contribution in [1.29, 1.82) is 0 Å². The van der Waals surface area contributed by atoms with Crippen LogP contribution >= 0.6 is 39.1 Å². The van der Waals surface area contributed by atoms with Crippen molar-refractivity contribution in [3.8, 4) is 5.69 Å². The fourth-order valence-electron chi connectivity index (χ4n) is 1.70. The quantitative estimate of drug-likeness (QED) is 0.583. The first-order chi connectivity index (χ1) is 8.82. The molecule has 2 rings (SSSR count). The summed E-state index contributed by atoms with van der Waals surface area (Å²) in [5.74, 6) is 0. The van der Waals surface area contributed by atoms with E-state index in [0.717, 1.165) is 15.9 Å². The van der Waals surface area contributed by atoms with Crippen LogP contribution < -0.4 is 0 Å². The third-order valence-electron chi connectivity index (χ3n) is 2.65. The van der Waals surface area contributed by atoms with Crippen LogP contribution in [0.5, 0.6) is 0 Å². The Labute approximate surface area is 127 Å². The minimum atomic E-state index is -0.512. The van der Waals surface area contributed by atoms with Crippen molar-refractivity contribution in [2.75, 3.05) is 0 Å². The molecule has 0 unspecified atom stereocenters. The molecule has 1 heterocycles. The van der Waals surface area contributed by atoms with Gasteiger partial charge in [-0.25, -0.2) is 4.68 Å². The monoisotopic (exact) mass is 363 g/mol. The Hall–Kier alpha value is -1.11. The second-order valence-corrected chi connectivity index (χ2v) is 5.52. The van der Waals surface area contributed by atoms with Crippen LogP contribution in [-0.2, 0) is 0 Å². The maximum absolute atomic E-state index is 11.1. The molecule has 0 bridgehead atoms. The van der Waals surface area contributed by atoms with Crippen LogP contribution in [0.3, 0.4) is 0 Å². The van der Waals surface area contributed by atoms with Crippen LogP contribution in [0.1, 0.15) is 11.4 Å². The number of benzene rings is 1. The first kappa shape index (κ1) is 14.3. The number of nitro benzene ring substituents is 1. The van der Waals surface area contributed by atoms with Crippen molar-refractivity contribution in [3.63, 3.8) is 0 Å². The van der Waals surface area contributed by atoms with E-state index in [1.165, 1.54) is 16.8 Å². The van der Waals surface area contributed by atoms with Crippen molar-refractivity contribution >= 4 is 44.8 Å². The lowest BCUT2D eigenvalue weighted by Crippen LogP contribution is -2.04. The van der Waals surface area contributed by atoms with Crippen molar-refractivity contribution in [2.45, 2.75) is 13.8 Å². The molecule has 0 N–H and O–H groups in total. The zero-order valence-electron chi connectivity index (χ0n) is 9.95. The molecular formula is C11H8BrCl2N3O2. The van der Waals surface area contributed by atoms with Gasteiger partial charge in [0.05, 0.1) is 30.8 Å². The summed E-state index contributed by atoms with van der Waals surface area (Å²) in [6, 6.07) is 2.66. The fourth-order valence-corrected chi connectivity index (χ4v) is 2.26.